The third kappa shape index (κ3) is 3.80. The molecule has 0 aliphatic carbocycles. The first kappa shape index (κ1) is 17.2. The number of hydrogen-bond acceptors (Lipinski definition) is 6. The lowest BCUT2D eigenvalue weighted by atomic mass is 10.2. The highest BCUT2D eigenvalue weighted by Gasteiger charge is 2.23. The third-order valence-corrected chi connectivity index (χ3v) is 5.11. The van der Waals surface area contributed by atoms with Gasteiger partial charge in [-0.1, -0.05) is 18.2 Å². The molecule has 3 heterocycles. The van der Waals surface area contributed by atoms with Crippen LogP contribution in [0.3, 0.4) is 0 Å². The summed E-state index contributed by atoms with van der Waals surface area (Å²) in [7, 11) is 0. The van der Waals surface area contributed by atoms with Crippen molar-refractivity contribution in [3.05, 3.63) is 47.2 Å². The number of carbonyl (C=O) groups is 1. The lowest BCUT2D eigenvalue weighted by Gasteiger charge is -2.34. The van der Waals surface area contributed by atoms with Gasteiger partial charge in [0.25, 0.3) is 5.91 Å². The van der Waals surface area contributed by atoms with Crippen LogP contribution >= 0.6 is 11.3 Å². The van der Waals surface area contributed by atoms with Crippen LogP contribution in [0.5, 0.6) is 0 Å². The predicted octanol–water partition coefficient (Wildman–Crippen LogP) is 3.75. The Kier molecular flexibility index (Phi) is 4.76. The van der Waals surface area contributed by atoms with Gasteiger partial charge in [-0.05, 0) is 26.0 Å². The van der Waals surface area contributed by atoms with E-state index in [2.05, 4.69) is 29.0 Å². The maximum absolute atomic E-state index is 12.4. The van der Waals surface area contributed by atoms with Crippen LogP contribution in [-0.2, 0) is 11.3 Å². The van der Waals surface area contributed by atoms with E-state index in [1.54, 1.807) is 6.07 Å². The van der Waals surface area contributed by atoms with Gasteiger partial charge >= 0.3 is 0 Å². The quantitative estimate of drug-likeness (QED) is 0.756. The summed E-state index contributed by atoms with van der Waals surface area (Å²) in [6.45, 7) is 6.71. The molecule has 1 N–H and O–H groups in total. The summed E-state index contributed by atoms with van der Waals surface area (Å²) in [5.74, 6) is 0.00879. The molecule has 6 nitrogen and oxygen atoms in total. The van der Waals surface area contributed by atoms with Crippen LogP contribution in [0.1, 0.15) is 30.1 Å². The first-order valence-electron chi connectivity index (χ1n) is 8.69. The van der Waals surface area contributed by atoms with Crippen LogP contribution in [0.2, 0.25) is 0 Å². The van der Waals surface area contributed by atoms with E-state index in [1.807, 2.05) is 29.6 Å². The van der Waals surface area contributed by atoms with E-state index >= 15 is 0 Å². The molecule has 1 amide bonds. The second kappa shape index (κ2) is 7.19. The van der Waals surface area contributed by atoms with Crippen LogP contribution in [0.25, 0.3) is 11.0 Å². The number of furan rings is 1. The summed E-state index contributed by atoms with van der Waals surface area (Å²) in [6, 6.07) is 9.31. The molecule has 2 unspecified atom stereocenters. The maximum Gasteiger partial charge on any atom is 0.293 e. The molecule has 1 aromatic carbocycles. The molecular formula is C19H21N3O3S. The van der Waals surface area contributed by atoms with Crippen molar-refractivity contribution < 1.29 is 13.9 Å². The van der Waals surface area contributed by atoms with Crippen molar-refractivity contribution in [2.24, 2.45) is 0 Å². The first-order valence-corrected chi connectivity index (χ1v) is 9.57. The lowest BCUT2D eigenvalue weighted by molar-refractivity contribution is -0.0707. The average molecular weight is 371 g/mol. The molecule has 0 saturated carbocycles. The Labute approximate surface area is 155 Å². The Morgan fingerprint density at radius 1 is 1.31 bits per heavy atom. The molecule has 1 aliphatic rings. The van der Waals surface area contributed by atoms with Gasteiger partial charge in [0.15, 0.2) is 10.9 Å². The number of ether oxygens (including phenoxy) is 1. The number of thiazole rings is 1. The third-order valence-electron chi connectivity index (χ3n) is 4.30. The fourth-order valence-corrected chi connectivity index (χ4v) is 4.03. The summed E-state index contributed by atoms with van der Waals surface area (Å²) >= 11 is 1.43. The standard InChI is InChI=1S/C19H21N3O3S/c1-12-8-22(9-13(2)24-12)10-15-11-26-19(20-15)21-18(23)17-7-14-5-3-4-6-16(14)25-17/h3-7,11-13H,8-10H2,1-2H3,(H,20,21,23). The number of nitrogens with one attached hydrogen (secondary N) is 1. The Balaban J connectivity index is 1.40. The zero-order chi connectivity index (χ0) is 18.1. The topological polar surface area (TPSA) is 67.6 Å². The molecular weight excluding hydrogens is 350 g/mol. The Hall–Kier alpha value is -2.22. The number of carbonyl (C=O) groups excluding carboxylic acids is 1. The van der Waals surface area contributed by atoms with E-state index in [9.17, 15) is 4.79 Å². The van der Waals surface area contributed by atoms with Gasteiger partial charge in [0.1, 0.15) is 5.58 Å². The second-order valence-electron chi connectivity index (χ2n) is 6.70. The molecule has 136 valence electrons. The fourth-order valence-electron chi connectivity index (χ4n) is 3.33. The minimum Gasteiger partial charge on any atom is -0.451 e. The number of anilines is 1. The zero-order valence-electron chi connectivity index (χ0n) is 14.8. The summed E-state index contributed by atoms with van der Waals surface area (Å²) in [4.78, 5) is 19.3. The molecule has 26 heavy (non-hydrogen) atoms. The largest absolute Gasteiger partial charge is 0.451 e. The van der Waals surface area contributed by atoms with Gasteiger partial charge in [-0.25, -0.2) is 4.98 Å². The van der Waals surface area contributed by atoms with E-state index in [0.717, 1.165) is 30.7 Å². The summed E-state index contributed by atoms with van der Waals surface area (Å²) in [5, 5.41) is 6.30. The number of rotatable bonds is 4. The van der Waals surface area contributed by atoms with E-state index in [4.69, 9.17) is 9.15 Å². The highest BCUT2D eigenvalue weighted by atomic mass is 32.1. The van der Waals surface area contributed by atoms with Crippen molar-refractivity contribution in [3.63, 3.8) is 0 Å². The fraction of sp³-hybridized carbons (Fsp3) is 0.368. The van der Waals surface area contributed by atoms with Crippen molar-refractivity contribution >= 4 is 33.3 Å². The molecule has 4 rings (SSSR count). The highest BCUT2D eigenvalue weighted by molar-refractivity contribution is 7.13. The number of aromatic nitrogens is 1. The van der Waals surface area contributed by atoms with Gasteiger partial charge in [-0.3, -0.25) is 15.0 Å². The molecule has 1 fully saturated rings. The number of hydrogen-bond donors (Lipinski definition) is 1. The number of nitrogens with zero attached hydrogens (tertiary/aromatic N) is 2. The average Bonchev–Trinajstić information content (AvgIpc) is 3.20. The predicted molar refractivity (Wildman–Crippen MR) is 102 cm³/mol. The van der Waals surface area contributed by atoms with Crippen molar-refractivity contribution in [2.75, 3.05) is 18.4 Å². The van der Waals surface area contributed by atoms with E-state index in [0.29, 0.717) is 16.5 Å². The Morgan fingerprint density at radius 3 is 2.85 bits per heavy atom. The molecule has 0 radical (unpaired) electrons. The molecule has 0 bridgehead atoms. The van der Waals surface area contributed by atoms with Crippen LogP contribution in [0.15, 0.2) is 40.1 Å². The van der Waals surface area contributed by atoms with Crippen molar-refractivity contribution in [1.82, 2.24) is 9.88 Å². The normalized spacial score (nSPS) is 21.2. The van der Waals surface area contributed by atoms with Gasteiger partial charge in [0.05, 0.1) is 17.9 Å². The van der Waals surface area contributed by atoms with Gasteiger partial charge in [-0.15, -0.1) is 11.3 Å². The highest BCUT2D eigenvalue weighted by Crippen LogP contribution is 2.22. The number of benzene rings is 1. The Bertz CT molecular complexity index is 877. The van der Waals surface area contributed by atoms with Crippen LogP contribution in [0, 0.1) is 0 Å². The molecule has 3 aromatic rings. The lowest BCUT2D eigenvalue weighted by Crippen LogP contribution is -2.44. The monoisotopic (exact) mass is 371 g/mol. The number of fused-ring (bicyclic) bond motifs is 1. The van der Waals surface area contributed by atoms with Gasteiger partial charge < -0.3 is 9.15 Å². The number of amides is 1. The number of morpholine rings is 1. The van der Waals surface area contributed by atoms with E-state index in [-0.39, 0.29) is 18.1 Å². The summed E-state index contributed by atoms with van der Waals surface area (Å²) < 4.78 is 11.4. The van der Waals surface area contributed by atoms with Crippen molar-refractivity contribution in [3.8, 4) is 0 Å². The second-order valence-corrected chi connectivity index (χ2v) is 7.56. The maximum atomic E-state index is 12.4. The van der Waals surface area contributed by atoms with E-state index in [1.165, 1.54) is 11.3 Å². The number of para-hydroxylation sites is 1. The summed E-state index contributed by atoms with van der Waals surface area (Å²) in [6.07, 6.45) is 0.453. The van der Waals surface area contributed by atoms with Crippen LogP contribution in [0.4, 0.5) is 5.13 Å². The smallest absolute Gasteiger partial charge is 0.293 e. The van der Waals surface area contributed by atoms with Gasteiger partial charge in [0, 0.05) is 30.4 Å². The Morgan fingerprint density at radius 2 is 2.08 bits per heavy atom. The first-order chi connectivity index (χ1) is 12.6. The van der Waals surface area contributed by atoms with Crippen molar-refractivity contribution in [2.45, 2.75) is 32.6 Å². The molecule has 1 saturated heterocycles. The molecule has 2 aromatic heterocycles. The molecule has 7 heteroatoms. The SMILES string of the molecule is CC1CN(Cc2csc(NC(=O)c3cc4ccccc4o3)n2)CC(C)O1. The zero-order valence-corrected chi connectivity index (χ0v) is 15.6. The van der Waals surface area contributed by atoms with Crippen molar-refractivity contribution in [1.29, 1.82) is 0 Å². The minimum absolute atomic E-state index is 0.227. The van der Waals surface area contributed by atoms with Crippen LogP contribution < -0.4 is 5.32 Å². The van der Waals surface area contributed by atoms with Gasteiger partial charge in [-0.2, -0.15) is 0 Å². The minimum atomic E-state index is -0.282. The molecule has 2 atom stereocenters. The molecule has 0 spiro atoms. The molecule has 1 aliphatic heterocycles. The van der Waals surface area contributed by atoms with E-state index < -0.39 is 0 Å². The van der Waals surface area contributed by atoms with Crippen LogP contribution in [-0.4, -0.2) is 41.1 Å². The summed E-state index contributed by atoms with van der Waals surface area (Å²) in [5.41, 5.74) is 1.66. The van der Waals surface area contributed by atoms with Gasteiger partial charge in [0.2, 0.25) is 0 Å².